The maximum atomic E-state index is 13.0. The Kier molecular flexibility index (Phi) is 11.8. The topological polar surface area (TPSA) is 217 Å². The first-order chi connectivity index (χ1) is 16.7. The van der Waals surface area contributed by atoms with Crippen LogP contribution in [0.25, 0.3) is 0 Å². The van der Waals surface area contributed by atoms with Crippen LogP contribution in [0.5, 0.6) is 0 Å². The first-order valence-electron chi connectivity index (χ1n) is 11.7. The third-order valence-corrected chi connectivity index (χ3v) is 5.68. The first kappa shape index (κ1) is 30.3. The quantitative estimate of drug-likeness (QED) is 0.156. The molecule has 0 aromatic carbocycles. The Hall–Kier alpha value is -3.71. The van der Waals surface area contributed by atoms with Crippen molar-refractivity contribution in [1.82, 2.24) is 26.2 Å². The molecule has 0 aromatic rings. The minimum absolute atomic E-state index is 0.238. The van der Waals surface area contributed by atoms with Crippen LogP contribution in [0.2, 0.25) is 0 Å². The van der Waals surface area contributed by atoms with Gasteiger partial charge in [-0.2, -0.15) is 0 Å². The summed E-state index contributed by atoms with van der Waals surface area (Å²) in [5, 5.41) is 18.8. The number of carbonyl (C=O) groups is 7. The van der Waals surface area contributed by atoms with Gasteiger partial charge in [-0.25, -0.2) is 0 Å². The van der Waals surface area contributed by atoms with Crippen molar-refractivity contribution in [3.63, 3.8) is 0 Å². The minimum Gasteiger partial charge on any atom is -0.481 e. The van der Waals surface area contributed by atoms with Crippen molar-refractivity contribution >= 4 is 41.4 Å². The zero-order valence-electron chi connectivity index (χ0n) is 21.0. The van der Waals surface area contributed by atoms with E-state index in [0.29, 0.717) is 19.4 Å². The highest BCUT2D eigenvalue weighted by atomic mass is 16.4. The molecule has 202 valence electrons. The number of aliphatic carboxylic acids is 1. The second-order valence-electron chi connectivity index (χ2n) is 9.01. The van der Waals surface area contributed by atoms with E-state index in [1.54, 1.807) is 13.8 Å². The van der Waals surface area contributed by atoms with Gasteiger partial charge in [-0.1, -0.05) is 13.8 Å². The summed E-state index contributed by atoms with van der Waals surface area (Å²) in [6.07, 6.45) is 0.364. The number of amides is 6. The zero-order valence-corrected chi connectivity index (χ0v) is 21.0. The van der Waals surface area contributed by atoms with Gasteiger partial charge >= 0.3 is 5.97 Å². The van der Waals surface area contributed by atoms with Crippen LogP contribution in [0.15, 0.2) is 0 Å². The molecular formula is C22H36N6O8. The van der Waals surface area contributed by atoms with Gasteiger partial charge in [-0.05, 0) is 32.1 Å². The zero-order chi connectivity index (χ0) is 27.6. The monoisotopic (exact) mass is 512 g/mol. The highest BCUT2D eigenvalue weighted by molar-refractivity contribution is 5.96. The Morgan fingerprint density at radius 2 is 1.61 bits per heavy atom. The lowest BCUT2D eigenvalue weighted by Gasteiger charge is -2.28. The number of carboxylic acids is 1. The molecule has 0 aromatic heterocycles. The van der Waals surface area contributed by atoms with E-state index in [1.807, 2.05) is 0 Å². The Labute approximate surface area is 209 Å². The van der Waals surface area contributed by atoms with E-state index < -0.39 is 78.6 Å². The van der Waals surface area contributed by atoms with Crippen molar-refractivity contribution in [1.29, 1.82) is 0 Å². The van der Waals surface area contributed by atoms with Gasteiger partial charge in [0.15, 0.2) is 0 Å². The highest BCUT2D eigenvalue weighted by Gasteiger charge is 2.36. The minimum atomic E-state index is -1.27. The van der Waals surface area contributed by atoms with Gasteiger partial charge in [-0.3, -0.25) is 33.6 Å². The van der Waals surface area contributed by atoms with Crippen LogP contribution in [0, 0.1) is 5.92 Å². The predicted octanol–water partition coefficient (Wildman–Crippen LogP) is -2.41. The van der Waals surface area contributed by atoms with Crippen molar-refractivity contribution in [2.75, 3.05) is 13.1 Å². The lowest BCUT2D eigenvalue weighted by molar-refractivity contribution is -0.140. The number of nitrogens with one attached hydrogen (secondary N) is 4. The predicted molar refractivity (Wildman–Crippen MR) is 126 cm³/mol. The molecule has 0 bridgehead atoms. The van der Waals surface area contributed by atoms with Crippen molar-refractivity contribution in [3.8, 4) is 0 Å². The second-order valence-corrected chi connectivity index (χ2v) is 9.01. The van der Waals surface area contributed by atoms with Crippen LogP contribution in [0.4, 0.5) is 0 Å². The third kappa shape index (κ3) is 9.50. The number of carboxylic acid groups (broad SMARTS) is 1. The third-order valence-electron chi connectivity index (χ3n) is 5.68. The van der Waals surface area contributed by atoms with E-state index >= 15 is 0 Å². The summed E-state index contributed by atoms with van der Waals surface area (Å²) in [5.74, 6) is -5.38. The molecular weight excluding hydrogens is 476 g/mol. The number of hydrogen-bond donors (Lipinski definition) is 6. The van der Waals surface area contributed by atoms with Gasteiger partial charge < -0.3 is 37.0 Å². The van der Waals surface area contributed by atoms with Gasteiger partial charge in [0.1, 0.15) is 24.2 Å². The molecule has 7 N–H and O–H groups in total. The van der Waals surface area contributed by atoms with Gasteiger partial charge in [0.2, 0.25) is 35.4 Å². The maximum absolute atomic E-state index is 13.0. The van der Waals surface area contributed by atoms with Crippen LogP contribution in [-0.2, 0) is 33.6 Å². The van der Waals surface area contributed by atoms with Crippen LogP contribution in [0.3, 0.4) is 0 Å². The molecule has 0 aliphatic carbocycles. The average Bonchev–Trinajstić information content (AvgIpc) is 3.28. The Morgan fingerprint density at radius 1 is 0.972 bits per heavy atom. The van der Waals surface area contributed by atoms with Crippen LogP contribution in [0.1, 0.15) is 53.4 Å². The summed E-state index contributed by atoms with van der Waals surface area (Å²) in [6.45, 7) is 6.01. The van der Waals surface area contributed by atoms with E-state index in [-0.39, 0.29) is 12.3 Å². The van der Waals surface area contributed by atoms with Gasteiger partial charge in [-0.15, -0.1) is 0 Å². The number of rotatable bonds is 13. The number of carbonyl (C=O) groups excluding carboxylic acids is 6. The molecule has 1 heterocycles. The summed E-state index contributed by atoms with van der Waals surface area (Å²) in [5.41, 5.74) is 4.98. The van der Waals surface area contributed by atoms with Crippen LogP contribution < -0.4 is 27.0 Å². The summed E-state index contributed by atoms with van der Waals surface area (Å²) < 4.78 is 0. The number of nitrogens with two attached hydrogens (primary N) is 1. The molecule has 1 aliphatic rings. The van der Waals surface area contributed by atoms with Gasteiger partial charge in [0, 0.05) is 19.9 Å². The van der Waals surface area contributed by atoms with Gasteiger partial charge in [0.05, 0.1) is 6.54 Å². The molecule has 36 heavy (non-hydrogen) atoms. The fourth-order valence-corrected chi connectivity index (χ4v) is 3.71. The molecule has 1 rings (SSSR count). The average molecular weight is 513 g/mol. The van der Waals surface area contributed by atoms with E-state index in [9.17, 15) is 33.6 Å². The molecule has 14 heteroatoms. The van der Waals surface area contributed by atoms with Gasteiger partial charge in [0.25, 0.3) is 0 Å². The highest BCUT2D eigenvalue weighted by Crippen LogP contribution is 2.18. The molecule has 14 nitrogen and oxygen atoms in total. The summed E-state index contributed by atoms with van der Waals surface area (Å²) in [7, 11) is 0. The smallest absolute Gasteiger partial charge is 0.303 e. The normalized spacial score (nSPS) is 17.5. The molecule has 4 atom stereocenters. The molecule has 6 amide bonds. The van der Waals surface area contributed by atoms with Crippen molar-refractivity contribution in [2.24, 2.45) is 11.7 Å². The molecule has 1 aliphatic heterocycles. The lowest BCUT2D eigenvalue weighted by atomic mass is 10.0. The lowest BCUT2D eigenvalue weighted by Crippen LogP contribution is -2.59. The fourth-order valence-electron chi connectivity index (χ4n) is 3.71. The maximum Gasteiger partial charge on any atom is 0.303 e. The molecule has 1 saturated heterocycles. The SMILES string of the molecule is CC(=O)N1CCC[C@H]1C(=O)N[C@@H](CCC(=O)O)C(=O)N[C@H](C(=O)N[C@@H](C)C(=O)NCC(N)=O)C(C)C. The number of likely N-dealkylation sites (tertiary alicyclic amines) is 1. The Morgan fingerprint density at radius 3 is 2.14 bits per heavy atom. The molecule has 0 radical (unpaired) electrons. The summed E-state index contributed by atoms with van der Waals surface area (Å²) >= 11 is 0. The molecule has 0 spiro atoms. The van der Waals surface area contributed by atoms with E-state index in [1.165, 1.54) is 18.7 Å². The fraction of sp³-hybridized carbons (Fsp3) is 0.682. The van der Waals surface area contributed by atoms with Crippen LogP contribution >= 0.6 is 0 Å². The number of primary amides is 1. The van der Waals surface area contributed by atoms with E-state index in [4.69, 9.17) is 10.8 Å². The van der Waals surface area contributed by atoms with Crippen molar-refractivity contribution in [2.45, 2.75) is 77.5 Å². The summed E-state index contributed by atoms with van der Waals surface area (Å²) in [4.78, 5) is 85.8. The number of hydrogen-bond acceptors (Lipinski definition) is 7. The van der Waals surface area contributed by atoms with E-state index in [2.05, 4.69) is 21.3 Å². The Balaban J connectivity index is 2.92. The molecule has 0 saturated carbocycles. The molecule has 1 fully saturated rings. The second kappa shape index (κ2) is 14.0. The Bertz CT molecular complexity index is 877. The summed E-state index contributed by atoms with van der Waals surface area (Å²) in [6, 6.07) is -4.20. The van der Waals surface area contributed by atoms with Crippen LogP contribution in [-0.4, -0.2) is 88.7 Å². The van der Waals surface area contributed by atoms with Crippen molar-refractivity contribution < 1.29 is 38.7 Å². The number of nitrogens with zero attached hydrogens (tertiary/aromatic N) is 1. The molecule has 0 unspecified atom stereocenters. The van der Waals surface area contributed by atoms with Crippen molar-refractivity contribution in [3.05, 3.63) is 0 Å². The largest absolute Gasteiger partial charge is 0.481 e. The van der Waals surface area contributed by atoms with E-state index in [0.717, 1.165) is 0 Å². The first-order valence-corrected chi connectivity index (χ1v) is 11.7. The standard InChI is InChI=1S/C22H36N6O8/c1-11(2)18(22(36)25-12(3)19(33)24-10-16(23)30)27-20(34)14(7-8-17(31)32)26-21(35)15-6-5-9-28(15)13(4)29/h11-12,14-15,18H,5-10H2,1-4H3,(H2,23,30)(H,24,33)(H,25,36)(H,26,35)(H,27,34)(H,31,32)/t12-,14-,15-,18-/m0/s1.